The van der Waals surface area contributed by atoms with Crippen molar-refractivity contribution in [2.24, 2.45) is 33.5 Å². The number of allylic oxidation sites excluding steroid dienone is 2. The van der Waals surface area contributed by atoms with E-state index in [0.717, 1.165) is 62.2 Å². The van der Waals surface area contributed by atoms with Crippen LogP contribution in [0.15, 0.2) is 43.5 Å². The Labute approximate surface area is 338 Å². The summed E-state index contributed by atoms with van der Waals surface area (Å²) in [7, 11) is -0.569. The molecule has 1 aromatic carbocycles. The molecule has 6 nitrogen and oxygen atoms in total. The first-order chi connectivity index (χ1) is 26.3. The van der Waals surface area contributed by atoms with E-state index in [1.165, 1.54) is 74.7 Å². The van der Waals surface area contributed by atoms with Gasteiger partial charge < -0.3 is 15.2 Å². The van der Waals surface area contributed by atoms with Gasteiger partial charge in [-0.05, 0) is 131 Å². The molecule has 1 amide bonds. The van der Waals surface area contributed by atoms with Gasteiger partial charge in [0.1, 0.15) is 0 Å². The number of amides is 1. The van der Waals surface area contributed by atoms with Gasteiger partial charge in [-0.1, -0.05) is 73.1 Å². The average molecular weight is 777 g/mol. The van der Waals surface area contributed by atoms with Crippen LogP contribution in [0, 0.1) is 59.2 Å². The van der Waals surface area contributed by atoms with E-state index in [-0.39, 0.29) is 5.41 Å². The lowest BCUT2D eigenvalue weighted by atomic mass is 9.42. The summed E-state index contributed by atoms with van der Waals surface area (Å²) in [6.45, 7) is 28.3. The van der Waals surface area contributed by atoms with E-state index in [9.17, 15) is 14.7 Å². The predicted molar refractivity (Wildman–Crippen MR) is 238 cm³/mol. The maximum atomic E-state index is 11.4. The fraction of sp³-hybridized carbons (Fsp3) is 0.667. The third-order valence-corrected chi connectivity index (χ3v) is 20.0. The molecular weight excluding hydrogens is 701 g/mol. The van der Waals surface area contributed by atoms with E-state index in [4.69, 9.17) is 4.74 Å². The number of fused-ring (bicyclic) bond motifs is 7. The molecule has 1 aromatic rings. The van der Waals surface area contributed by atoms with Crippen LogP contribution in [0.1, 0.15) is 122 Å². The van der Waals surface area contributed by atoms with Gasteiger partial charge in [-0.2, -0.15) is 0 Å². The summed E-state index contributed by atoms with van der Waals surface area (Å²) in [6, 6.07) is 7.65. The van der Waals surface area contributed by atoms with Crippen molar-refractivity contribution in [3.8, 4) is 25.7 Å². The molecule has 2 saturated carbocycles. The Morgan fingerprint density at radius 2 is 1.53 bits per heavy atom. The zero-order chi connectivity index (χ0) is 41.7. The molecule has 3 aliphatic heterocycles. The second-order valence-corrected chi connectivity index (χ2v) is 21.4. The first kappa shape index (κ1) is 48.2. The summed E-state index contributed by atoms with van der Waals surface area (Å²) in [5.74, 6) is 2.19. The first-order valence-electron chi connectivity index (χ1n) is 20.7. The highest BCUT2D eigenvalue weighted by molar-refractivity contribution is 8.34. The number of nitrogens with zero attached hydrogens (tertiary/aromatic N) is 1. The number of terminal acetylenes is 2. The molecular formula is C48H76N2O4S. The average Bonchev–Trinajstić information content (AvgIpc) is 3.61. The number of carbonyl (C=O) groups excluding carboxylic acids is 1. The predicted octanol–water partition coefficient (Wildman–Crippen LogP) is 10.2. The Kier molecular flexibility index (Phi) is 18.4. The summed E-state index contributed by atoms with van der Waals surface area (Å²) in [6.07, 6.45) is 34.9. The SMILES string of the molecule is C#C.C#C.C=C.CC.CC1(C)C(c2ccc(C(=O)O)cc2)=CC[C@@]2(C)C1CC[C@]1(C)C2CCS2(C)C3CCC[C@]3(C)CCC12.O=CNCCN1CCOCC1. The number of nitrogens with one attached hydrogen (secondary N) is 1. The molecule has 0 aromatic heterocycles. The first-order valence-corrected chi connectivity index (χ1v) is 23.1. The summed E-state index contributed by atoms with van der Waals surface area (Å²) in [4.78, 5) is 23.6. The fourth-order valence-electron chi connectivity index (χ4n) is 12.6. The number of hydrogen-bond donors (Lipinski definition) is 2. The summed E-state index contributed by atoms with van der Waals surface area (Å²) in [5.41, 5.74) is 4.64. The Bertz CT molecular complexity index is 1440. The van der Waals surface area contributed by atoms with E-state index in [2.05, 4.69) is 96.0 Å². The van der Waals surface area contributed by atoms with Crippen LogP contribution < -0.4 is 5.32 Å². The van der Waals surface area contributed by atoms with Crippen LogP contribution >= 0.6 is 10.0 Å². The molecule has 7 rings (SSSR count). The summed E-state index contributed by atoms with van der Waals surface area (Å²) >= 11 is 0. The van der Waals surface area contributed by atoms with Gasteiger partial charge in [-0.25, -0.2) is 14.8 Å². The second-order valence-electron chi connectivity index (χ2n) is 17.4. The molecule has 3 saturated heterocycles. The van der Waals surface area contributed by atoms with Gasteiger partial charge in [-0.3, -0.25) is 9.69 Å². The Hall–Kier alpha value is -2.97. The fourth-order valence-corrected chi connectivity index (χ4v) is 18.7. The number of carboxylic acid groups (broad SMARTS) is 1. The Balaban J connectivity index is 0.000000464. The minimum absolute atomic E-state index is 0.100. The molecule has 2 N–H and O–H groups in total. The number of morpholine rings is 1. The molecule has 7 heteroatoms. The van der Waals surface area contributed by atoms with Crippen molar-refractivity contribution in [3.63, 3.8) is 0 Å². The van der Waals surface area contributed by atoms with Gasteiger partial charge in [-0.15, -0.1) is 38.9 Å². The number of carboxylic acids is 1. The highest BCUT2D eigenvalue weighted by Gasteiger charge is 2.66. The van der Waals surface area contributed by atoms with Gasteiger partial charge in [0.05, 0.1) is 18.8 Å². The standard InChI is InChI=1S/C33H48O2S.C7H14N2O2.C2H6.C2H4.2C2H2/c1-30(2)24(22-9-11-23(12-10-22)29(34)35)13-19-32(4)25(30)14-20-33(5)26(32)16-21-36(6)27-8-7-17-31(27,3)18-15-28(33)36;10-7-8-1-2-9-3-5-11-6-4-9;4*1-2/h9-13,25-28H,7-8,14-21H2,1-6H3,(H,34,35);7H,1-6H2,(H,8,10);1-2H3;1-2H2;2*1-2H/t25?,26?,27?,28?,31-,32+,33-;;;;;/m1...../s1. The lowest BCUT2D eigenvalue weighted by Crippen LogP contribution is -2.63. The lowest BCUT2D eigenvalue weighted by molar-refractivity contribution is -0.109. The summed E-state index contributed by atoms with van der Waals surface area (Å²) in [5, 5.41) is 14.0. The number of rotatable bonds is 6. The smallest absolute Gasteiger partial charge is 0.335 e. The van der Waals surface area contributed by atoms with Crippen LogP contribution in [0.25, 0.3) is 5.57 Å². The second kappa shape index (κ2) is 21.0. The van der Waals surface area contributed by atoms with E-state index in [0.29, 0.717) is 27.7 Å². The van der Waals surface area contributed by atoms with E-state index in [1.54, 1.807) is 12.1 Å². The number of ether oxygens (including phenoxy) is 1. The maximum absolute atomic E-state index is 11.4. The molecule has 0 radical (unpaired) electrons. The van der Waals surface area contributed by atoms with Crippen LogP contribution in [-0.2, 0) is 9.53 Å². The molecule has 0 spiro atoms. The van der Waals surface area contributed by atoms with Crippen molar-refractivity contribution < 1.29 is 19.4 Å². The van der Waals surface area contributed by atoms with E-state index >= 15 is 0 Å². The molecule has 3 aliphatic carbocycles. The molecule has 0 bridgehead atoms. The highest BCUT2D eigenvalue weighted by Crippen LogP contribution is 2.79. The lowest BCUT2D eigenvalue weighted by Gasteiger charge is -2.72. The zero-order valence-corrected chi connectivity index (χ0v) is 36.7. The molecule has 5 unspecified atom stereocenters. The quantitative estimate of drug-likeness (QED) is 0.130. The van der Waals surface area contributed by atoms with Gasteiger partial charge in [0.15, 0.2) is 0 Å². The van der Waals surface area contributed by atoms with Crippen molar-refractivity contribution in [2.45, 2.75) is 117 Å². The number of hydrogen-bond acceptors (Lipinski definition) is 4. The molecule has 55 heavy (non-hydrogen) atoms. The zero-order valence-electron chi connectivity index (χ0n) is 35.8. The minimum Gasteiger partial charge on any atom is -0.478 e. The van der Waals surface area contributed by atoms with Gasteiger partial charge in [0.25, 0.3) is 0 Å². The van der Waals surface area contributed by atoms with Crippen molar-refractivity contribution in [3.05, 3.63) is 54.6 Å². The van der Waals surface area contributed by atoms with Gasteiger partial charge in [0, 0.05) is 26.2 Å². The van der Waals surface area contributed by atoms with Crippen LogP contribution in [-0.4, -0.2) is 84.3 Å². The van der Waals surface area contributed by atoms with E-state index < -0.39 is 16.0 Å². The molecule has 6 aliphatic rings. The molecule has 308 valence electrons. The molecule has 8 atom stereocenters. The minimum atomic E-state index is -0.843. The Morgan fingerprint density at radius 3 is 2.11 bits per heavy atom. The number of carbonyl (C=O) groups is 2. The monoisotopic (exact) mass is 777 g/mol. The van der Waals surface area contributed by atoms with Gasteiger partial charge in [0.2, 0.25) is 6.41 Å². The van der Waals surface area contributed by atoms with Gasteiger partial charge >= 0.3 is 5.97 Å². The molecule has 3 heterocycles. The third-order valence-electron chi connectivity index (χ3n) is 14.7. The highest BCUT2D eigenvalue weighted by atomic mass is 32.3. The van der Waals surface area contributed by atoms with E-state index in [1.807, 2.05) is 26.0 Å². The largest absolute Gasteiger partial charge is 0.478 e. The Morgan fingerprint density at radius 1 is 0.909 bits per heavy atom. The maximum Gasteiger partial charge on any atom is 0.335 e. The number of benzene rings is 1. The van der Waals surface area contributed by atoms with Crippen molar-refractivity contribution in [2.75, 3.05) is 51.4 Å². The van der Waals surface area contributed by atoms with Crippen molar-refractivity contribution >= 4 is 28.0 Å². The van der Waals surface area contributed by atoms with Crippen LogP contribution in [0.2, 0.25) is 0 Å². The van der Waals surface area contributed by atoms with Crippen molar-refractivity contribution in [1.82, 2.24) is 10.2 Å². The molecule has 5 fully saturated rings. The third kappa shape index (κ3) is 9.60. The summed E-state index contributed by atoms with van der Waals surface area (Å²) < 4.78 is 5.17. The number of aromatic carboxylic acids is 1. The normalized spacial score (nSPS) is 36.2. The van der Waals surface area contributed by atoms with Crippen LogP contribution in [0.4, 0.5) is 0 Å². The van der Waals surface area contributed by atoms with Crippen molar-refractivity contribution in [1.29, 1.82) is 0 Å². The topological polar surface area (TPSA) is 78.9 Å². The van der Waals surface area contributed by atoms with Crippen LogP contribution in [0.3, 0.4) is 0 Å². The van der Waals surface area contributed by atoms with Crippen LogP contribution in [0.5, 0.6) is 0 Å².